The number of rotatable bonds is 10. The zero-order valence-corrected chi connectivity index (χ0v) is 18.9. The molecule has 2 aromatic carbocycles. The highest BCUT2D eigenvalue weighted by atomic mass is 35.5. The minimum Gasteiger partial charge on any atom is -0.355 e. The topological polar surface area (TPSA) is 49.4 Å². The smallest absolute Gasteiger partial charge is 0.242 e. The number of amides is 2. The van der Waals surface area contributed by atoms with Crippen LogP contribution in [0.1, 0.15) is 37.8 Å². The molecule has 0 spiro atoms. The summed E-state index contributed by atoms with van der Waals surface area (Å²) in [6, 6.07) is 15.2. The molecular formula is C23H29ClN2O2S. The second kappa shape index (κ2) is 11.9. The molecule has 2 aromatic rings. The molecule has 6 heteroatoms. The highest BCUT2D eigenvalue weighted by molar-refractivity contribution is 7.99. The number of thioether (sulfide) groups is 1. The summed E-state index contributed by atoms with van der Waals surface area (Å²) < 4.78 is 0. The number of benzene rings is 2. The van der Waals surface area contributed by atoms with Gasteiger partial charge in [-0.1, -0.05) is 48.4 Å². The van der Waals surface area contributed by atoms with E-state index < -0.39 is 6.04 Å². The fourth-order valence-electron chi connectivity index (χ4n) is 3.15. The first-order valence-corrected chi connectivity index (χ1v) is 11.3. The number of nitrogens with zero attached hydrogens (tertiary/aromatic N) is 1. The molecule has 0 heterocycles. The zero-order valence-electron chi connectivity index (χ0n) is 17.3. The van der Waals surface area contributed by atoms with E-state index in [-0.39, 0.29) is 11.8 Å². The van der Waals surface area contributed by atoms with E-state index in [1.807, 2.05) is 63.2 Å². The minimum atomic E-state index is -0.469. The number of likely N-dealkylation sites (N-methyl/N-ethyl adjacent to an activating group) is 1. The van der Waals surface area contributed by atoms with E-state index in [4.69, 9.17) is 11.6 Å². The van der Waals surface area contributed by atoms with E-state index >= 15 is 0 Å². The van der Waals surface area contributed by atoms with Gasteiger partial charge >= 0.3 is 0 Å². The van der Waals surface area contributed by atoms with Crippen LogP contribution in [0.3, 0.4) is 0 Å². The van der Waals surface area contributed by atoms with Crippen molar-refractivity contribution < 1.29 is 9.59 Å². The molecular weight excluding hydrogens is 404 g/mol. The number of nitrogens with one attached hydrogen (secondary N) is 1. The quantitative estimate of drug-likeness (QED) is 0.533. The number of hydrogen-bond acceptors (Lipinski definition) is 3. The lowest BCUT2D eigenvalue weighted by atomic mass is 10.1. The van der Waals surface area contributed by atoms with E-state index in [1.165, 1.54) is 0 Å². The summed E-state index contributed by atoms with van der Waals surface area (Å²) in [6.45, 7) is 6.84. The van der Waals surface area contributed by atoms with Gasteiger partial charge in [0, 0.05) is 35.2 Å². The summed E-state index contributed by atoms with van der Waals surface area (Å²) in [4.78, 5) is 28.5. The van der Waals surface area contributed by atoms with Crippen LogP contribution >= 0.6 is 23.4 Å². The molecule has 156 valence electrons. The van der Waals surface area contributed by atoms with Crippen LogP contribution in [0.4, 0.5) is 0 Å². The molecule has 0 radical (unpaired) electrons. The average molecular weight is 433 g/mol. The summed E-state index contributed by atoms with van der Waals surface area (Å²) in [5.74, 6) is 0.545. The Kier molecular flexibility index (Phi) is 9.55. The van der Waals surface area contributed by atoms with Crippen molar-refractivity contribution in [1.82, 2.24) is 10.2 Å². The fourth-order valence-corrected chi connectivity index (χ4v) is 4.12. The van der Waals surface area contributed by atoms with Gasteiger partial charge < -0.3 is 10.2 Å². The lowest BCUT2D eigenvalue weighted by Gasteiger charge is -2.30. The highest BCUT2D eigenvalue weighted by Gasteiger charge is 2.28. The van der Waals surface area contributed by atoms with Crippen molar-refractivity contribution in [1.29, 1.82) is 0 Å². The number of halogens is 1. The molecule has 1 N–H and O–H groups in total. The van der Waals surface area contributed by atoms with Crippen molar-refractivity contribution in [3.63, 3.8) is 0 Å². The third kappa shape index (κ3) is 7.41. The molecule has 0 aliphatic rings. The molecule has 4 nitrogen and oxygen atoms in total. The molecule has 2 amide bonds. The summed E-state index contributed by atoms with van der Waals surface area (Å²) in [7, 11) is 0. The average Bonchev–Trinajstić information content (AvgIpc) is 2.69. The van der Waals surface area contributed by atoms with E-state index in [0.717, 1.165) is 16.0 Å². The molecule has 0 aliphatic carbocycles. The highest BCUT2D eigenvalue weighted by Crippen LogP contribution is 2.22. The molecule has 0 aliphatic heterocycles. The Morgan fingerprint density at radius 1 is 1.14 bits per heavy atom. The Morgan fingerprint density at radius 3 is 2.48 bits per heavy atom. The first kappa shape index (κ1) is 23.3. The molecule has 0 bridgehead atoms. The SMILES string of the molecule is CCNC(=O)[C@H](CC)N(Cc1cccc(C)c1)C(=O)CCSc1ccc(Cl)cc1. The van der Waals surface area contributed by atoms with E-state index in [0.29, 0.717) is 36.7 Å². The summed E-state index contributed by atoms with van der Waals surface area (Å²) >= 11 is 7.54. The maximum atomic E-state index is 13.1. The molecule has 0 saturated carbocycles. The third-order valence-electron chi connectivity index (χ3n) is 4.57. The standard InChI is InChI=1S/C23H29ClN2O2S/c1-4-21(23(28)25-5-2)26(16-18-8-6-7-17(3)15-18)22(27)13-14-29-20-11-9-19(24)10-12-20/h6-12,15,21H,4-5,13-14,16H2,1-3H3,(H,25,28)/t21-/m0/s1. The van der Waals surface area contributed by atoms with Gasteiger partial charge in [0.05, 0.1) is 0 Å². The van der Waals surface area contributed by atoms with Gasteiger partial charge in [-0.05, 0) is 50.1 Å². The van der Waals surface area contributed by atoms with Gasteiger partial charge in [-0.3, -0.25) is 9.59 Å². The van der Waals surface area contributed by atoms with Gasteiger partial charge in [0.1, 0.15) is 6.04 Å². The number of carbonyl (C=O) groups excluding carboxylic acids is 2. The molecule has 2 rings (SSSR count). The summed E-state index contributed by atoms with van der Waals surface area (Å²) in [6.07, 6.45) is 0.947. The predicted molar refractivity (Wildman–Crippen MR) is 121 cm³/mol. The molecule has 0 saturated heterocycles. The summed E-state index contributed by atoms with van der Waals surface area (Å²) in [5, 5.41) is 3.56. The van der Waals surface area contributed by atoms with E-state index in [2.05, 4.69) is 11.4 Å². The van der Waals surface area contributed by atoms with Gasteiger partial charge in [0.15, 0.2) is 0 Å². The van der Waals surface area contributed by atoms with Crippen molar-refractivity contribution >= 4 is 35.2 Å². The van der Waals surface area contributed by atoms with Gasteiger partial charge in [-0.25, -0.2) is 0 Å². The second-order valence-electron chi connectivity index (χ2n) is 6.88. The Morgan fingerprint density at radius 2 is 1.86 bits per heavy atom. The van der Waals surface area contributed by atoms with Crippen LogP contribution < -0.4 is 5.32 Å². The Bertz CT molecular complexity index is 811. The first-order valence-electron chi connectivity index (χ1n) is 9.95. The largest absolute Gasteiger partial charge is 0.355 e. The van der Waals surface area contributed by atoms with Crippen LogP contribution in [0.5, 0.6) is 0 Å². The van der Waals surface area contributed by atoms with Crippen molar-refractivity contribution in [2.45, 2.75) is 51.1 Å². The molecule has 0 fully saturated rings. The van der Waals surface area contributed by atoms with Gasteiger partial charge in [-0.2, -0.15) is 0 Å². The Balaban J connectivity index is 2.10. The maximum Gasteiger partial charge on any atom is 0.242 e. The maximum absolute atomic E-state index is 13.1. The third-order valence-corrected chi connectivity index (χ3v) is 5.84. The number of hydrogen-bond donors (Lipinski definition) is 1. The van der Waals surface area contributed by atoms with Crippen molar-refractivity contribution in [3.8, 4) is 0 Å². The van der Waals surface area contributed by atoms with Gasteiger partial charge in [0.2, 0.25) is 11.8 Å². The van der Waals surface area contributed by atoms with Crippen LogP contribution in [-0.2, 0) is 16.1 Å². The van der Waals surface area contributed by atoms with E-state index in [1.54, 1.807) is 16.7 Å². The zero-order chi connectivity index (χ0) is 21.2. The Hall–Kier alpha value is -1.98. The number of aryl methyl sites for hydroxylation is 1. The Labute approximate surface area is 183 Å². The van der Waals surface area contributed by atoms with Crippen LogP contribution in [0, 0.1) is 6.92 Å². The number of carbonyl (C=O) groups is 2. The van der Waals surface area contributed by atoms with Crippen molar-refractivity contribution in [2.75, 3.05) is 12.3 Å². The van der Waals surface area contributed by atoms with Crippen LogP contribution in [0.25, 0.3) is 0 Å². The first-order chi connectivity index (χ1) is 13.9. The monoisotopic (exact) mass is 432 g/mol. The lowest BCUT2D eigenvalue weighted by Crippen LogP contribution is -2.49. The second-order valence-corrected chi connectivity index (χ2v) is 8.49. The van der Waals surface area contributed by atoms with Crippen molar-refractivity contribution in [3.05, 3.63) is 64.7 Å². The van der Waals surface area contributed by atoms with Gasteiger partial charge in [-0.15, -0.1) is 11.8 Å². The minimum absolute atomic E-state index is 0.00827. The van der Waals surface area contributed by atoms with E-state index in [9.17, 15) is 9.59 Å². The van der Waals surface area contributed by atoms with Crippen LogP contribution in [-0.4, -0.2) is 35.1 Å². The fraction of sp³-hybridized carbons (Fsp3) is 0.391. The molecule has 0 unspecified atom stereocenters. The molecule has 0 aromatic heterocycles. The molecule has 29 heavy (non-hydrogen) atoms. The van der Waals surface area contributed by atoms with Gasteiger partial charge in [0.25, 0.3) is 0 Å². The van der Waals surface area contributed by atoms with Crippen LogP contribution in [0.15, 0.2) is 53.4 Å². The van der Waals surface area contributed by atoms with Crippen LogP contribution in [0.2, 0.25) is 5.02 Å². The summed E-state index contributed by atoms with van der Waals surface area (Å²) in [5.41, 5.74) is 2.17. The predicted octanol–water partition coefficient (Wildman–Crippen LogP) is 5.07. The molecule has 1 atom stereocenters. The normalized spacial score (nSPS) is 11.7. The lowest BCUT2D eigenvalue weighted by molar-refractivity contribution is -0.141. The van der Waals surface area contributed by atoms with Crippen molar-refractivity contribution in [2.24, 2.45) is 0 Å².